The van der Waals surface area contributed by atoms with Crippen LogP contribution < -0.4 is 0 Å². The topological polar surface area (TPSA) is 68.0 Å². The maximum atomic E-state index is 13.0. The SMILES string of the molecule is O=C(c1ccccc1)c1nnn(Cc2ccccc2)c1-c1ccccc1O. The average molecular weight is 355 g/mol. The van der Waals surface area contributed by atoms with Crippen molar-refractivity contribution in [2.75, 3.05) is 0 Å². The molecule has 0 saturated heterocycles. The first-order chi connectivity index (χ1) is 13.2. The van der Waals surface area contributed by atoms with Crippen molar-refractivity contribution in [3.63, 3.8) is 0 Å². The van der Waals surface area contributed by atoms with Crippen molar-refractivity contribution in [3.8, 4) is 17.0 Å². The summed E-state index contributed by atoms with van der Waals surface area (Å²) in [6.45, 7) is 0.444. The summed E-state index contributed by atoms with van der Waals surface area (Å²) in [7, 11) is 0. The molecule has 4 rings (SSSR count). The van der Waals surface area contributed by atoms with Gasteiger partial charge in [-0.05, 0) is 17.7 Å². The number of carbonyl (C=O) groups excluding carboxylic acids is 1. The zero-order chi connectivity index (χ0) is 18.6. The van der Waals surface area contributed by atoms with Gasteiger partial charge in [0.15, 0.2) is 5.69 Å². The molecule has 0 unspecified atom stereocenters. The van der Waals surface area contributed by atoms with Crippen molar-refractivity contribution in [1.82, 2.24) is 15.0 Å². The lowest BCUT2D eigenvalue weighted by Gasteiger charge is -2.10. The van der Waals surface area contributed by atoms with Crippen molar-refractivity contribution in [3.05, 3.63) is 102 Å². The van der Waals surface area contributed by atoms with E-state index >= 15 is 0 Å². The molecule has 3 aromatic carbocycles. The normalized spacial score (nSPS) is 10.7. The summed E-state index contributed by atoms with van der Waals surface area (Å²) < 4.78 is 1.65. The molecule has 0 saturated carbocycles. The summed E-state index contributed by atoms with van der Waals surface area (Å²) in [6.07, 6.45) is 0. The Morgan fingerprint density at radius 2 is 1.48 bits per heavy atom. The van der Waals surface area contributed by atoms with Crippen LogP contribution >= 0.6 is 0 Å². The second-order valence-corrected chi connectivity index (χ2v) is 6.14. The van der Waals surface area contributed by atoms with Gasteiger partial charge in [0.05, 0.1) is 6.54 Å². The Bertz CT molecular complexity index is 1070. The molecule has 1 heterocycles. The zero-order valence-corrected chi connectivity index (χ0v) is 14.5. The fourth-order valence-electron chi connectivity index (χ4n) is 3.00. The monoisotopic (exact) mass is 355 g/mol. The van der Waals surface area contributed by atoms with Gasteiger partial charge in [0, 0.05) is 11.1 Å². The van der Waals surface area contributed by atoms with Crippen LogP contribution in [0.25, 0.3) is 11.3 Å². The van der Waals surface area contributed by atoms with E-state index in [1.807, 2.05) is 42.5 Å². The molecule has 1 aromatic heterocycles. The predicted octanol–water partition coefficient (Wildman–Crippen LogP) is 3.93. The van der Waals surface area contributed by atoms with Gasteiger partial charge in [0.1, 0.15) is 11.4 Å². The van der Waals surface area contributed by atoms with Crippen molar-refractivity contribution < 1.29 is 9.90 Å². The highest BCUT2D eigenvalue weighted by atomic mass is 16.3. The molecule has 0 fully saturated rings. The third-order valence-corrected chi connectivity index (χ3v) is 4.32. The van der Waals surface area contributed by atoms with Gasteiger partial charge >= 0.3 is 0 Å². The minimum Gasteiger partial charge on any atom is -0.507 e. The highest BCUT2D eigenvalue weighted by molar-refractivity contribution is 6.11. The smallest absolute Gasteiger partial charge is 0.215 e. The molecule has 0 radical (unpaired) electrons. The third kappa shape index (κ3) is 3.35. The maximum Gasteiger partial charge on any atom is 0.215 e. The molecule has 5 heteroatoms. The summed E-state index contributed by atoms with van der Waals surface area (Å²) in [5.41, 5.74) is 2.81. The molecule has 1 N–H and O–H groups in total. The molecule has 0 aliphatic carbocycles. The predicted molar refractivity (Wildman–Crippen MR) is 103 cm³/mol. The van der Waals surface area contributed by atoms with Crippen LogP contribution in [-0.4, -0.2) is 25.9 Å². The van der Waals surface area contributed by atoms with Crippen LogP contribution in [0.3, 0.4) is 0 Å². The van der Waals surface area contributed by atoms with Gasteiger partial charge in [-0.3, -0.25) is 4.79 Å². The van der Waals surface area contributed by atoms with Crippen LogP contribution in [0.4, 0.5) is 0 Å². The Hall–Kier alpha value is -3.73. The summed E-state index contributed by atoms with van der Waals surface area (Å²) in [6, 6.07) is 25.7. The maximum absolute atomic E-state index is 13.0. The first kappa shape index (κ1) is 16.7. The molecule has 5 nitrogen and oxygen atoms in total. The van der Waals surface area contributed by atoms with E-state index in [4.69, 9.17) is 0 Å². The Labute approximate surface area is 156 Å². The number of hydrogen-bond acceptors (Lipinski definition) is 4. The largest absolute Gasteiger partial charge is 0.507 e. The highest BCUT2D eigenvalue weighted by Crippen LogP contribution is 2.32. The second-order valence-electron chi connectivity index (χ2n) is 6.14. The number of phenols is 1. The van der Waals surface area contributed by atoms with Crippen LogP contribution in [0.1, 0.15) is 21.6 Å². The number of nitrogens with zero attached hydrogens (tertiary/aromatic N) is 3. The van der Waals surface area contributed by atoms with Gasteiger partial charge in [0.25, 0.3) is 0 Å². The average Bonchev–Trinajstić information content (AvgIpc) is 3.12. The minimum absolute atomic E-state index is 0.0798. The highest BCUT2D eigenvalue weighted by Gasteiger charge is 2.24. The van der Waals surface area contributed by atoms with E-state index in [0.717, 1.165) is 5.56 Å². The number of phenolic OH excluding ortho intramolecular Hbond substituents is 1. The number of hydrogen-bond donors (Lipinski definition) is 1. The van der Waals surface area contributed by atoms with E-state index in [1.165, 1.54) is 0 Å². The van der Waals surface area contributed by atoms with E-state index in [2.05, 4.69) is 10.3 Å². The lowest BCUT2D eigenvalue weighted by Crippen LogP contribution is -2.07. The molecule has 0 amide bonds. The summed E-state index contributed by atoms with van der Waals surface area (Å²) in [5, 5.41) is 18.7. The molecule has 0 aliphatic heterocycles. The summed E-state index contributed by atoms with van der Waals surface area (Å²) in [4.78, 5) is 13.0. The fraction of sp³-hybridized carbons (Fsp3) is 0.0455. The van der Waals surface area contributed by atoms with Gasteiger partial charge in [-0.1, -0.05) is 78.0 Å². The number of aromatic nitrogens is 3. The molecule has 4 aromatic rings. The Balaban J connectivity index is 1.85. The molecule has 0 atom stereocenters. The van der Waals surface area contributed by atoms with Crippen LogP contribution in [0, 0.1) is 0 Å². The second kappa shape index (κ2) is 7.25. The quantitative estimate of drug-likeness (QED) is 0.551. The molecule has 0 bridgehead atoms. The van der Waals surface area contributed by atoms with E-state index in [-0.39, 0.29) is 17.2 Å². The van der Waals surface area contributed by atoms with Gasteiger partial charge < -0.3 is 5.11 Å². The Morgan fingerprint density at radius 3 is 2.19 bits per heavy atom. The zero-order valence-electron chi connectivity index (χ0n) is 14.5. The minimum atomic E-state index is -0.229. The Kier molecular flexibility index (Phi) is 4.49. The molecule has 27 heavy (non-hydrogen) atoms. The van der Waals surface area contributed by atoms with E-state index in [1.54, 1.807) is 47.1 Å². The number of rotatable bonds is 5. The van der Waals surface area contributed by atoms with Crippen molar-refractivity contribution in [2.45, 2.75) is 6.54 Å². The fourth-order valence-corrected chi connectivity index (χ4v) is 3.00. The standard InChI is InChI=1S/C22H17N3O2/c26-19-14-8-7-13-18(19)21-20(22(27)17-11-5-2-6-12-17)23-24-25(21)15-16-9-3-1-4-10-16/h1-14,26H,15H2. The van der Waals surface area contributed by atoms with Crippen LogP contribution in [0.5, 0.6) is 5.75 Å². The van der Waals surface area contributed by atoms with Gasteiger partial charge in [-0.2, -0.15) is 0 Å². The van der Waals surface area contributed by atoms with Gasteiger partial charge in [-0.15, -0.1) is 5.10 Å². The number of ketones is 1. The van der Waals surface area contributed by atoms with Crippen molar-refractivity contribution in [2.24, 2.45) is 0 Å². The Morgan fingerprint density at radius 1 is 0.852 bits per heavy atom. The lowest BCUT2D eigenvalue weighted by molar-refractivity contribution is 0.103. The lowest BCUT2D eigenvalue weighted by atomic mass is 10.0. The number of para-hydroxylation sites is 1. The van der Waals surface area contributed by atoms with Crippen LogP contribution in [0.2, 0.25) is 0 Å². The molecular weight excluding hydrogens is 338 g/mol. The third-order valence-electron chi connectivity index (χ3n) is 4.32. The van der Waals surface area contributed by atoms with E-state index in [0.29, 0.717) is 23.4 Å². The molecule has 132 valence electrons. The van der Waals surface area contributed by atoms with Crippen molar-refractivity contribution in [1.29, 1.82) is 0 Å². The molecule has 0 spiro atoms. The molecular formula is C22H17N3O2. The van der Waals surface area contributed by atoms with Crippen molar-refractivity contribution >= 4 is 5.78 Å². The summed E-state index contributed by atoms with van der Waals surface area (Å²) >= 11 is 0. The summed E-state index contributed by atoms with van der Waals surface area (Å²) in [5.74, 6) is -0.149. The van der Waals surface area contributed by atoms with E-state index in [9.17, 15) is 9.90 Å². The van der Waals surface area contributed by atoms with E-state index < -0.39 is 0 Å². The number of benzene rings is 3. The number of carbonyl (C=O) groups is 1. The van der Waals surface area contributed by atoms with Gasteiger partial charge in [-0.25, -0.2) is 4.68 Å². The first-order valence-corrected chi connectivity index (χ1v) is 8.59. The first-order valence-electron chi connectivity index (χ1n) is 8.59. The van der Waals surface area contributed by atoms with Gasteiger partial charge in [0.2, 0.25) is 5.78 Å². The van der Waals surface area contributed by atoms with Crippen LogP contribution in [0.15, 0.2) is 84.9 Å². The van der Waals surface area contributed by atoms with Crippen LogP contribution in [-0.2, 0) is 6.54 Å². The number of aromatic hydroxyl groups is 1. The molecule has 0 aliphatic rings.